The second-order valence-corrected chi connectivity index (χ2v) is 3.64. The first-order valence-corrected chi connectivity index (χ1v) is 4.87. The van der Waals surface area contributed by atoms with Gasteiger partial charge in [0.2, 0.25) is 0 Å². The number of nitrogens with zero attached hydrogens (tertiary/aromatic N) is 1. The molecule has 1 aliphatic rings. The molecule has 1 fully saturated rings. The fraction of sp³-hybridized carbons (Fsp3) is 0.700. The Balaban J connectivity index is 2.27. The molecule has 0 aromatic heterocycles. The van der Waals surface area contributed by atoms with Crippen molar-refractivity contribution in [2.75, 3.05) is 19.6 Å². The van der Waals surface area contributed by atoms with E-state index in [1.807, 2.05) is 4.90 Å². The van der Waals surface area contributed by atoms with E-state index in [0.717, 1.165) is 31.8 Å². The lowest BCUT2D eigenvalue weighted by atomic mass is 10.00. The van der Waals surface area contributed by atoms with E-state index in [1.54, 1.807) is 6.08 Å². The molecule has 1 rings (SSSR count). The normalized spacial score (nSPS) is 18.4. The van der Waals surface area contributed by atoms with Crippen LogP contribution in [0.3, 0.4) is 0 Å². The van der Waals surface area contributed by atoms with Crippen LogP contribution in [0.1, 0.15) is 19.8 Å². The molecule has 3 nitrogen and oxygen atoms in total. The third-order valence-corrected chi connectivity index (χ3v) is 2.47. The van der Waals surface area contributed by atoms with Crippen molar-refractivity contribution in [3.05, 3.63) is 12.7 Å². The molecule has 1 N–H and O–H groups in total. The lowest BCUT2D eigenvalue weighted by molar-refractivity contribution is 0.175. The maximum absolute atomic E-state index is 11.4. The van der Waals surface area contributed by atoms with Crippen LogP contribution in [0.5, 0.6) is 0 Å². The van der Waals surface area contributed by atoms with Crippen LogP contribution in [0, 0.1) is 5.92 Å². The maximum Gasteiger partial charge on any atom is 0.317 e. The largest absolute Gasteiger partial charge is 0.335 e. The predicted molar refractivity (Wildman–Crippen MR) is 53.6 cm³/mol. The molecule has 1 heterocycles. The molecule has 0 saturated carbocycles. The summed E-state index contributed by atoms with van der Waals surface area (Å²) in [4.78, 5) is 13.3. The zero-order chi connectivity index (χ0) is 9.68. The summed E-state index contributed by atoms with van der Waals surface area (Å²) in [5.74, 6) is 0.767. The number of likely N-dealkylation sites (tertiary alicyclic amines) is 1. The second kappa shape index (κ2) is 4.90. The van der Waals surface area contributed by atoms with E-state index in [1.165, 1.54) is 0 Å². The minimum Gasteiger partial charge on any atom is -0.335 e. The van der Waals surface area contributed by atoms with Gasteiger partial charge in [-0.1, -0.05) is 13.0 Å². The number of carbonyl (C=O) groups excluding carboxylic acids is 1. The Bertz CT molecular complexity index is 183. The lowest BCUT2D eigenvalue weighted by Crippen LogP contribution is -2.44. The SMILES string of the molecule is C=CCNC(=O)N1CCC(C)CC1. The lowest BCUT2D eigenvalue weighted by Gasteiger charge is -2.30. The van der Waals surface area contributed by atoms with E-state index in [0.29, 0.717) is 6.54 Å². The molecular weight excluding hydrogens is 164 g/mol. The highest BCUT2D eigenvalue weighted by molar-refractivity contribution is 5.74. The molecule has 2 amide bonds. The summed E-state index contributed by atoms with van der Waals surface area (Å²) in [6.45, 7) is 8.14. The van der Waals surface area contributed by atoms with Crippen LogP contribution in [-0.4, -0.2) is 30.6 Å². The first-order valence-electron chi connectivity index (χ1n) is 4.87. The average molecular weight is 182 g/mol. The van der Waals surface area contributed by atoms with Crippen molar-refractivity contribution >= 4 is 6.03 Å². The molecular formula is C10H18N2O. The van der Waals surface area contributed by atoms with E-state index in [2.05, 4.69) is 18.8 Å². The Hall–Kier alpha value is -0.990. The van der Waals surface area contributed by atoms with Gasteiger partial charge in [0.05, 0.1) is 0 Å². The Morgan fingerprint density at radius 2 is 2.23 bits per heavy atom. The summed E-state index contributed by atoms with van der Waals surface area (Å²) >= 11 is 0. The van der Waals surface area contributed by atoms with E-state index < -0.39 is 0 Å². The smallest absolute Gasteiger partial charge is 0.317 e. The highest BCUT2D eigenvalue weighted by Gasteiger charge is 2.19. The number of amides is 2. The number of carbonyl (C=O) groups is 1. The van der Waals surface area contributed by atoms with E-state index in [9.17, 15) is 4.79 Å². The van der Waals surface area contributed by atoms with E-state index in [4.69, 9.17) is 0 Å². The van der Waals surface area contributed by atoms with Crippen LogP contribution in [0.2, 0.25) is 0 Å². The first kappa shape index (κ1) is 10.1. The van der Waals surface area contributed by atoms with E-state index >= 15 is 0 Å². The third kappa shape index (κ3) is 3.09. The topological polar surface area (TPSA) is 32.3 Å². The molecule has 0 radical (unpaired) electrons. The Morgan fingerprint density at radius 3 is 2.77 bits per heavy atom. The molecule has 0 aromatic rings. The number of hydrogen-bond donors (Lipinski definition) is 1. The van der Waals surface area contributed by atoms with Gasteiger partial charge in [-0.3, -0.25) is 0 Å². The summed E-state index contributed by atoms with van der Waals surface area (Å²) in [5, 5.41) is 2.79. The number of hydrogen-bond acceptors (Lipinski definition) is 1. The monoisotopic (exact) mass is 182 g/mol. The fourth-order valence-corrected chi connectivity index (χ4v) is 1.48. The van der Waals surface area contributed by atoms with Gasteiger partial charge in [0.15, 0.2) is 0 Å². The molecule has 1 aliphatic heterocycles. The van der Waals surface area contributed by atoms with Gasteiger partial charge in [-0.15, -0.1) is 6.58 Å². The minimum absolute atomic E-state index is 0.0480. The van der Waals surface area contributed by atoms with Crippen molar-refractivity contribution in [3.63, 3.8) is 0 Å². The summed E-state index contributed by atoms with van der Waals surface area (Å²) in [6, 6.07) is 0.0480. The first-order chi connectivity index (χ1) is 6.24. The van der Waals surface area contributed by atoms with Crippen molar-refractivity contribution in [2.45, 2.75) is 19.8 Å². The molecule has 0 aliphatic carbocycles. The van der Waals surface area contributed by atoms with Crippen molar-refractivity contribution in [1.29, 1.82) is 0 Å². The highest BCUT2D eigenvalue weighted by Crippen LogP contribution is 2.15. The molecule has 0 aromatic carbocycles. The van der Waals surface area contributed by atoms with Gasteiger partial charge in [-0.25, -0.2) is 4.79 Å². The fourth-order valence-electron chi connectivity index (χ4n) is 1.48. The summed E-state index contributed by atoms with van der Waals surface area (Å²) in [7, 11) is 0. The number of nitrogens with one attached hydrogen (secondary N) is 1. The van der Waals surface area contributed by atoms with Crippen LogP contribution < -0.4 is 5.32 Å². The van der Waals surface area contributed by atoms with E-state index in [-0.39, 0.29) is 6.03 Å². The molecule has 13 heavy (non-hydrogen) atoms. The molecule has 0 spiro atoms. The van der Waals surface area contributed by atoms with Crippen molar-refractivity contribution in [1.82, 2.24) is 10.2 Å². The number of rotatable bonds is 2. The minimum atomic E-state index is 0.0480. The van der Waals surface area contributed by atoms with Crippen LogP contribution in [0.25, 0.3) is 0 Å². The summed E-state index contributed by atoms with van der Waals surface area (Å²) < 4.78 is 0. The van der Waals surface area contributed by atoms with Crippen LogP contribution in [0.15, 0.2) is 12.7 Å². The highest BCUT2D eigenvalue weighted by atomic mass is 16.2. The van der Waals surface area contributed by atoms with Gasteiger partial charge in [0, 0.05) is 19.6 Å². The molecule has 0 bridgehead atoms. The average Bonchev–Trinajstić information content (AvgIpc) is 2.15. The van der Waals surface area contributed by atoms with Crippen molar-refractivity contribution in [2.24, 2.45) is 5.92 Å². The molecule has 0 unspecified atom stereocenters. The molecule has 1 saturated heterocycles. The Kier molecular flexibility index (Phi) is 3.80. The van der Waals surface area contributed by atoms with Gasteiger partial charge in [-0.2, -0.15) is 0 Å². The van der Waals surface area contributed by atoms with Crippen molar-refractivity contribution < 1.29 is 4.79 Å². The Morgan fingerprint density at radius 1 is 1.62 bits per heavy atom. The summed E-state index contributed by atoms with van der Waals surface area (Å²) in [5.41, 5.74) is 0. The maximum atomic E-state index is 11.4. The molecule has 3 heteroatoms. The number of piperidine rings is 1. The van der Waals surface area contributed by atoms with Gasteiger partial charge in [0.25, 0.3) is 0 Å². The number of urea groups is 1. The predicted octanol–water partition coefficient (Wildman–Crippen LogP) is 1.61. The van der Waals surface area contributed by atoms with Gasteiger partial charge in [0.1, 0.15) is 0 Å². The second-order valence-electron chi connectivity index (χ2n) is 3.64. The van der Waals surface area contributed by atoms with Crippen LogP contribution in [-0.2, 0) is 0 Å². The summed E-state index contributed by atoms with van der Waals surface area (Å²) in [6.07, 6.45) is 3.95. The van der Waals surface area contributed by atoms with Gasteiger partial charge in [-0.05, 0) is 18.8 Å². The van der Waals surface area contributed by atoms with Crippen molar-refractivity contribution in [3.8, 4) is 0 Å². The quantitative estimate of drug-likeness (QED) is 0.646. The van der Waals surface area contributed by atoms with Crippen LogP contribution >= 0.6 is 0 Å². The molecule has 74 valence electrons. The Labute approximate surface area is 79.8 Å². The third-order valence-electron chi connectivity index (χ3n) is 2.47. The molecule has 0 atom stereocenters. The van der Waals surface area contributed by atoms with Crippen LogP contribution in [0.4, 0.5) is 4.79 Å². The zero-order valence-electron chi connectivity index (χ0n) is 8.25. The standard InChI is InChI=1S/C10H18N2O/c1-3-6-11-10(13)12-7-4-9(2)5-8-12/h3,9H,1,4-8H2,2H3,(H,11,13). The zero-order valence-corrected chi connectivity index (χ0v) is 8.25. The van der Waals surface area contributed by atoms with Gasteiger partial charge < -0.3 is 10.2 Å². The van der Waals surface area contributed by atoms with Gasteiger partial charge >= 0.3 is 6.03 Å².